The second-order valence-electron chi connectivity index (χ2n) is 8.33. The highest BCUT2D eigenvalue weighted by Gasteiger charge is 2.57. The number of nitrogens with zero attached hydrogens (tertiary/aromatic N) is 4. The van der Waals surface area contributed by atoms with Crippen molar-refractivity contribution in [1.29, 1.82) is 5.26 Å². The first kappa shape index (κ1) is 24.0. The minimum atomic E-state index is -4.55. The van der Waals surface area contributed by atoms with E-state index in [2.05, 4.69) is 0 Å². The Morgan fingerprint density at radius 1 is 1.14 bits per heavy atom. The van der Waals surface area contributed by atoms with Crippen LogP contribution in [0.4, 0.5) is 28.0 Å². The Labute approximate surface area is 196 Å². The van der Waals surface area contributed by atoms with Gasteiger partial charge in [-0.25, -0.2) is 9.18 Å². The number of anilines is 1. The van der Waals surface area contributed by atoms with Crippen molar-refractivity contribution in [3.8, 4) is 6.07 Å². The highest BCUT2D eigenvalue weighted by molar-refractivity contribution is 6.09. The molecule has 2 fully saturated rings. The van der Waals surface area contributed by atoms with Gasteiger partial charge in [0.2, 0.25) is 5.91 Å². The van der Waals surface area contributed by atoms with Crippen LogP contribution >= 0.6 is 0 Å². The van der Waals surface area contributed by atoms with Crippen LogP contribution in [0.3, 0.4) is 0 Å². The highest BCUT2D eigenvalue weighted by atomic mass is 19.4. The van der Waals surface area contributed by atoms with Crippen molar-refractivity contribution in [2.75, 3.05) is 24.5 Å². The summed E-state index contributed by atoms with van der Waals surface area (Å²) in [6, 6.07) is 9.26. The molecule has 182 valence electrons. The topological polar surface area (TPSA) is 105 Å². The third-order valence-corrected chi connectivity index (χ3v) is 6.26. The first-order valence-electron chi connectivity index (χ1n) is 10.4. The van der Waals surface area contributed by atoms with E-state index < -0.39 is 47.5 Å². The van der Waals surface area contributed by atoms with Crippen LogP contribution in [-0.4, -0.2) is 58.0 Å². The van der Waals surface area contributed by atoms with E-state index in [1.807, 2.05) is 0 Å². The minimum Gasteiger partial charge on any atom is -0.465 e. The molecule has 0 aliphatic carbocycles. The number of carboxylic acid groups (broad SMARTS) is 1. The highest BCUT2D eigenvalue weighted by Crippen LogP contribution is 2.38. The number of piperazine rings is 1. The molecule has 4 rings (SSSR count). The summed E-state index contributed by atoms with van der Waals surface area (Å²) in [5.74, 6) is -2.23. The normalized spacial score (nSPS) is 20.5. The Balaban J connectivity index is 1.71. The Kier molecular flexibility index (Phi) is 5.88. The number of carbonyl (C=O) groups is 3. The van der Waals surface area contributed by atoms with Gasteiger partial charge in [0.1, 0.15) is 17.9 Å². The van der Waals surface area contributed by atoms with Crippen molar-refractivity contribution in [3.05, 3.63) is 65.0 Å². The number of benzene rings is 2. The molecule has 0 unspecified atom stereocenters. The number of amides is 3. The summed E-state index contributed by atoms with van der Waals surface area (Å²) in [7, 11) is 0. The van der Waals surface area contributed by atoms with E-state index in [0.717, 1.165) is 28.0 Å². The molecule has 0 bridgehead atoms. The number of rotatable bonds is 3. The van der Waals surface area contributed by atoms with Crippen LogP contribution < -0.4 is 4.90 Å². The summed E-state index contributed by atoms with van der Waals surface area (Å²) >= 11 is 0. The quantitative estimate of drug-likeness (QED) is 0.666. The second-order valence-corrected chi connectivity index (χ2v) is 8.33. The molecule has 3 amide bonds. The Morgan fingerprint density at radius 3 is 2.37 bits per heavy atom. The lowest BCUT2D eigenvalue weighted by molar-refractivity contribution is -0.151. The third kappa shape index (κ3) is 4.25. The number of likely N-dealkylation sites (tertiary alicyclic amines) is 1. The number of nitriles is 1. The fourth-order valence-electron chi connectivity index (χ4n) is 4.46. The average Bonchev–Trinajstić information content (AvgIpc) is 3.26. The first-order valence-corrected chi connectivity index (χ1v) is 10.4. The van der Waals surface area contributed by atoms with E-state index in [1.165, 1.54) is 29.2 Å². The molecule has 0 radical (unpaired) electrons. The summed E-state index contributed by atoms with van der Waals surface area (Å²) in [4.78, 5) is 41.6. The van der Waals surface area contributed by atoms with E-state index in [0.29, 0.717) is 5.56 Å². The third-order valence-electron chi connectivity index (χ3n) is 6.26. The van der Waals surface area contributed by atoms with E-state index in [1.54, 1.807) is 6.07 Å². The number of halogens is 4. The molecule has 2 aromatic carbocycles. The molecular formula is C23H18F4N4O4. The van der Waals surface area contributed by atoms with Gasteiger partial charge in [0.25, 0.3) is 5.91 Å². The maximum absolute atomic E-state index is 14.7. The van der Waals surface area contributed by atoms with Crippen molar-refractivity contribution in [1.82, 2.24) is 9.80 Å². The standard InChI is InChI=1S/C23H18F4N4O4/c24-17-9-15(10-28)3-6-18(17)30-12-19(32)31(11-14-1-4-16(5-2-14)23(25,26)27)22(20(30)33)7-8-29(13-22)21(34)35/h1-6,9H,7-8,11-13H2,(H,34,35)/t22-/m1/s1. The SMILES string of the molecule is N#Cc1ccc(N2CC(=O)N(Cc3ccc(C(F)(F)F)cc3)[C@@]3(CCN(C(=O)O)C3)C2=O)c(F)c1. The molecule has 1 atom stereocenters. The van der Waals surface area contributed by atoms with Gasteiger partial charge < -0.3 is 14.9 Å². The summed E-state index contributed by atoms with van der Waals surface area (Å²) in [5, 5.41) is 18.4. The van der Waals surface area contributed by atoms with Crippen molar-refractivity contribution in [3.63, 3.8) is 0 Å². The average molecular weight is 490 g/mol. The van der Waals surface area contributed by atoms with Crippen LogP contribution in [0.2, 0.25) is 0 Å². The molecule has 1 spiro atoms. The molecule has 0 saturated carbocycles. The van der Waals surface area contributed by atoms with Gasteiger partial charge in [-0.05, 0) is 42.3 Å². The maximum Gasteiger partial charge on any atom is 0.416 e. The van der Waals surface area contributed by atoms with Gasteiger partial charge >= 0.3 is 12.3 Å². The van der Waals surface area contributed by atoms with Crippen molar-refractivity contribution in [2.45, 2.75) is 24.7 Å². The molecule has 2 aromatic rings. The second kappa shape index (κ2) is 8.57. The van der Waals surface area contributed by atoms with E-state index in [4.69, 9.17) is 5.26 Å². The van der Waals surface area contributed by atoms with Gasteiger partial charge in [0.05, 0.1) is 29.4 Å². The monoisotopic (exact) mass is 490 g/mol. The van der Waals surface area contributed by atoms with Gasteiger partial charge in [-0.1, -0.05) is 12.1 Å². The molecule has 1 N–H and O–H groups in total. The predicted octanol–water partition coefficient (Wildman–Crippen LogP) is 3.21. The summed E-state index contributed by atoms with van der Waals surface area (Å²) < 4.78 is 53.4. The fraction of sp³-hybridized carbons (Fsp3) is 0.304. The lowest BCUT2D eigenvalue weighted by Crippen LogP contribution is -2.69. The Morgan fingerprint density at radius 2 is 1.83 bits per heavy atom. The maximum atomic E-state index is 14.7. The van der Waals surface area contributed by atoms with Crippen molar-refractivity contribution in [2.24, 2.45) is 0 Å². The van der Waals surface area contributed by atoms with E-state index in [-0.39, 0.29) is 37.3 Å². The van der Waals surface area contributed by atoms with Gasteiger partial charge in [-0.3, -0.25) is 14.5 Å². The van der Waals surface area contributed by atoms with Crippen LogP contribution in [0.5, 0.6) is 0 Å². The van der Waals surface area contributed by atoms with E-state index >= 15 is 0 Å². The Bertz CT molecular complexity index is 1240. The van der Waals surface area contributed by atoms with Crippen LogP contribution in [0.15, 0.2) is 42.5 Å². The molecule has 8 nitrogen and oxygen atoms in total. The molecule has 2 saturated heterocycles. The number of hydrogen-bond acceptors (Lipinski definition) is 4. The predicted molar refractivity (Wildman–Crippen MR) is 112 cm³/mol. The zero-order valence-corrected chi connectivity index (χ0v) is 18.0. The lowest BCUT2D eigenvalue weighted by Gasteiger charge is -2.47. The van der Waals surface area contributed by atoms with E-state index in [9.17, 15) is 37.1 Å². The Hall–Kier alpha value is -4.14. The van der Waals surface area contributed by atoms with Crippen LogP contribution in [0.1, 0.15) is 23.1 Å². The molecule has 12 heteroatoms. The van der Waals surface area contributed by atoms with Crippen molar-refractivity contribution >= 4 is 23.6 Å². The molecule has 35 heavy (non-hydrogen) atoms. The van der Waals surface area contributed by atoms with Gasteiger partial charge in [0, 0.05) is 13.1 Å². The summed E-state index contributed by atoms with van der Waals surface area (Å²) in [6.07, 6.45) is -5.92. The molecule has 2 heterocycles. The fourth-order valence-corrected chi connectivity index (χ4v) is 4.46. The smallest absolute Gasteiger partial charge is 0.416 e. The zero-order chi connectivity index (χ0) is 25.5. The largest absolute Gasteiger partial charge is 0.465 e. The van der Waals surface area contributed by atoms with Crippen LogP contribution in [-0.2, 0) is 22.3 Å². The first-order chi connectivity index (χ1) is 16.5. The summed E-state index contributed by atoms with van der Waals surface area (Å²) in [5.41, 5.74) is -2.46. The summed E-state index contributed by atoms with van der Waals surface area (Å²) in [6.45, 7) is -1.24. The zero-order valence-electron chi connectivity index (χ0n) is 18.0. The number of hydrogen-bond donors (Lipinski definition) is 1. The molecular weight excluding hydrogens is 472 g/mol. The van der Waals surface area contributed by atoms with Crippen molar-refractivity contribution < 1.29 is 37.1 Å². The molecule has 2 aliphatic heterocycles. The van der Waals surface area contributed by atoms with Gasteiger partial charge in [-0.2, -0.15) is 18.4 Å². The van der Waals surface area contributed by atoms with Crippen LogP contribution in [0, 0.1) is 17.1 Å². The molecule has 2 aliphatic rings. The van der Waals surface area contributed by atoms with Crippen LogP contribution in [0.25, 0.3) is 0 Å². The van der Waals surface area contributed by atoms with Gasteiger partial charge in [0.15, 0.2) is 0 Å². The molecule has 0 aromatic heterocycles. The minimum absolute atomic E-state index is 0.0126. The number of carbonyl (C=O) groups excluding carboxylic acids is 2. The van der Waals surface area contributed by atoms with Gasteiger partial charge in [-0.15, -0.1) is 0 Å². The lowest BCUT2D eigenvalue weighted by atomic mass is 9.89. The number of alkyl halides is 3.